The van der Waals surface area contributed by atoms with Gasteiger partial charge in [-0.1, -0.05) is 0 Å². The molecular formula is C14H20FN3. The maximum atomic E-state index is 13.8. The van der Waals surface area contributed by atoms with Crippen molar-refractivity contribution in [2.45, 2.75) is 39.7 Å². The number of hydrogen-bond acceptors (Lipinski definition) is 2. The van der Waals surface area contributed by atoms with Crippen molar-refractivity contribution in [3.05, 3.63) is 29.2 Å². The number of hydrogen-bond donors (Lipinski definition) is 2. The van der Waals surface area contributed by atoms with E-state index in [1.54, 1.807) is 19.2 Å². The zero-order valence-corrected chi connectivity index (χ0v) is 11.4. The Hall–Kier alpha value is -1.42. The van der Waals surface area contributed by atoms with Crippen LogP contribution in [0.1, 0.15) is 31.9 Å². The molecule has 4 heteroatoms. The van der Waals surface area contributed by atoms with E-state index in [1.807, 2.05) is 0 Å². The number of benzene rings is 1. The average molecular weight is 249 g/mol. The Balaban J connectivity index is 2.23. The predicted molar refractivity (Wildman–Crippen MR) is 72.2 cm³/mol. The third kappa shape index (κ3) is 2.70. The van der Waals surface area contributed by atoms with Crippen LogP contribution in [-0.2, 0) is 6.42 Å². The molecule has 1 heterocycles. The predicted octanol–water partition coefficient (Wildman–Crippen LogP) is 2.94. The van der Waals surface area contributed by atoms with Crippen molar-refractivity contribution in [3.63, 3.8) is 0 Å². The molecule has 3 nitrogen and oxygen atoms in total. The summed E-state index contributed by atoms with van der Waals surface area (Å²) in [6.07, 6.45) is 2.57. The molecule has 0 aliphatic heterocycles. The van der Waals surface area contributed by atoms with Crippen molar-refractivity contribution >= 4 is 10.9 Å². The Bertz CT molecular complexity index is 552. The minimum absolute atomic E-state index is 0.0821. The molecular weight excluding hydrogens is 229 g/mol. The highest BCUT2D eigenvalue weighted by molar-refractivity contribution is 5.84. The maximum absolute atomic E-state index is 13.8. The van der Waals surface area contributed by atoms with E-state index in [-0.39, 0.29) is 11.4 Å². The summed E-state index contributed by atoms with van der Waals surface area (Å²) < 4.78 is 13.8. The molecule has 0 saturated carbocycles. The van der Waals surface area contributed by atoms with Crippen LogP contribution in [0.15, 0.2) is 12.3 Å². The highest BCUT2D eigenvalue weighted by Crippen LogP contribution is 2.23. The second-order valence-corrected chi connectivity index (χ2v) is 5.73. The largest absolute Gasteiger partial charge is 0.312 e. The fourth-order valence-corrected chi connectivity index (χ4v) is 2.05. The summed E-state index contributed by atoms with van der Waals surface area (Å²) >= 11 is 0. The lowest BCUT2D eigenvalue weighted by atomic mass is 10.0. The number of aromatic nitrogens is 2. The Kier molecular flexibility index (Phi) is 3.39. The van der Waals surface area contributed by atoms with E-state index in [1.165, 1.54) is 0 Å². The highest BCUT2D eigenvalue weighted by atomic mass is 19.1. The first-order valence-electron chi connectivity index (χ1n) is 6.24. The summed E-state index contributed by atoms with van der Waals surface area (Å²) in [7, 11) is 0. The van der Waals surface area contributed by atoms with Crippen molar-refractivity contribution < 1.29 is 4.39 Å². The fourth-order valence-electron chi connectivity index (χ4n) is 2.05. The first-order chi connectivity index (χ1) is 8.38. The van der Waals surface area contributed by atoms with Crippen molar-refractivity contribution in [1.82, 2.24) is 15.5 Å². The standard InChI is InChI=1S/C14H20FN3/c1-9-12(15)7-10(5-6-16-14(2,3)4)11-8-17-18-13(9)11/h7-8,16H,5-6H2,1-4H3,(H,17,18). The topological polar surface area (TPSA) is 40.7 Å². The smallest absolute Gasteiger partial charge is 0.128 e. The van der Waals surface area contributed by atoms with E-state index in [4.69, 9.17) is 0 Å². The molecule has 0 aliphatic rings. The molecule has 0 saturated heterocycles. The molecule has 2 N–H and O–H groups in total. The molecule has 98 valence electrons. The number of H-pyrrole nitrogens is 1. The number of fused-ring (bicyclic) bond motifs is 1. The summed E-state index contributed by atoms with van der Waals surface area (Å²) in [5.74, 6) is -0.169. The normalized spacial score (nSPS) is 12.3. The molecule has 2 aromatic rings. The van der Waals surface area contributed by atoms with Gasteiger partial charge in [-0.15, -0.1) is 0 Å². The van der Waals surface area contributed by atoms with Gasteiger partial charge >= 0.3 is 0 Å². The number of nitrogens with zero attached hydrogens (tertiary/aromatic N) is 1. The second-order valence-electron chi connectivity index (χ2n) is 5.73. The summed E-state index contributed by atoms with van der Waals surface area (Å²) in [5, 5.41) is 11.3. The van der Waals surface area contributed by atoms with Gasteiger partial charge in [0.1, 0.15) is 5.82 Å². The first-order valence-corrected chi connectivity index (χ1v) is 6.24. The van der Waals surface area contributed by atoms with Gasteiger partial charge in [0.05, 0.1) is 11.7 Å². The molecule has 0 bridgehead atoms. The molecule has 0 aliphatic carbocycles. The number of rotatable bonds is 3. The quantitative estimate of drug-likeness (QED) is 0.878. The minimum atomic E-state index is -0.169. The minimum Gasteiger partial charge on any atom is -0.312 e. The van der Waals surface area contributed by atoms with Crippen LogP contribution in [0.2, 0.25) is 0 Å². The summed E-state index contributed by atoms with van der Waals surface area (Å²) in [6.45, 7) is 8.96. The van der Waals surface area contributed by atoms with Gasteiger partial charge in [-0.3, -0.25) is 5.10 Å². The van der Waals surface area contributed by atoms with Crippen molar-refractivity contribution in [3.8, 4) is 0 Å². The maximum Gasteiger partial charge on any atom is 0.128 e. The molecule has 2 rings (SSSR count). The summed E-state index contributed by atoms with van der Waals surface area (Å²) in [6, 6.07) is 1.62. The van der Waals surface area contributed by atoms with E-state index in [0.717, 1.165) is 29.4 Å². The molecule has 0 spiro atoms. The van der Waals surface area contributed by atoms with Crippen LogP contribution in [-0.4, -0.2) is 22.3 Å². The van der Waals surface area contributed by atoms with Crippen LogP contribution >= 0.6 is 0 Å². The van der Waals surface area contributed by atoms with Crippen LogP contribution in [0.25, 0.3) is 10.9 Å². The van der Waals surface area contributed by atoms with Crippen LogP contribution in [0.4, 0.5) is 4.39 Å². The Morgan fingerprint density at radius 3 is 2.78 bits per heavy atom. The van der Waals surface area contributed by atoms with Gasteiger partial charge in [0.15, 0.2) is 0 Å². The van der Waals surface area contributed by atoms with Gasteiger partial charge in [0.25, 0.3) is 0 Å². The molecule has 0 fully saturated rings. The zero-order chi connectivity index (χ0) is 13.3. The molecule has 0 atom stereocenters. The van der Waals surface area contributed by atoms with Crippen LogP contribution in [0, 0.1) is 12.7 Å². The van der Waals surface area contributed by atoms with Crippen LogP contribution in [0.5, 0.6) is 0 Å². The van der Waals surface area contributed by atoms with Gasteiger partial charge in [0.2, 0.25) is 0 Å². The van der Waals surface area contributed by atoms with E-state index < -0.39 is 0 Å². The first kappa shape index (κ1) is 13.0. The van der Waals surface area contributed by atoms with E-state index in [2.05, 4.69) is 36.3 Å². The lowest BCUT2D eigenvalue weighted by molar-refractivity contribution is 0.429. The van der Waals surface area contributed by atoms with Crippen molar-refractivity contribution in [2.75, 3.05) is 6.54 Å². The van der Waals surface area contributed by atoms with E-state index in [9.17, 15) is 4.39 Å². The van der Waals surface area contributed by atoms with E-state index >= 15 is 0 Å². The Labute approximate surface area is 107 Å². The Morgan fingerprint density at radius 1 is 1.39 bits per heavy atom. The Morgan fingerprint density at radius 2 is 2.11 bits per heavy atom. The number of aryl methyl sites for hydroxylation is 1. The highest BCUT2D eigenvalue weighted by Gasteiger charge is 2.12. The SMILES string of the molecule is Cc1c(F)cc(CCNC(C)(C)C)c2cn[nH]c12. The molecule has 0 radical (unpaired) electrons. The molecule has 1 aromatic carbocycles. The van der Waals surface area contributed by atoms with Crippen LogP contribution < -0.4 is 5.32 Å². The number of aromatic amines is 1. The zero-order valence-electron chi connectivity index (χ0n) is 11.4. The average Bonchev–Trinajstić information content (AvgIpc) is 2.72. The monoisotopic (exact) mass is 249 g/mol. The summed E-state index contributed by atoms with van der Waals surface area (Å²) in [5.41, 5.74) is 2.52. The lowest BCUT2D eigenvalue weighted by Gasteiger charge is -2.20. The van der Waals surface area contributed by atoms with Gasteiger partial charge in [0, 0.05) is 16.5 Å². The van der Waals surface area contributed by atoms with Crippen molar-refractivity contribution in [2.24, 2.45) is 0 Å². The van der Waals surface area contributed by atoms with Gasteiger partial charge in [-0.05, 0) is 52.3 Å². The van der Waals surface area contributed by atoms with Gasteiger partial charge < -0.3 is 5.32 Å². The molecule has 0 amide bonds. The molecule has 18 heavy (non-hydrogen) atoms. The molecule has 0 unspecified atom stereocenters. The van der Waals surface area contributed by atoms with Gasteiger partial charge in [-0.2, -0.15) is 5.10 Å². The number of nitrogens with one attached hydrogen (secondary N) is 2. The molecule has 1 aromatic heterocycles. The van der Waals surface area contributed by atoms with Crippen molar-refractivity contribution in [1.29, 1.82) is 0 Å². The van der Waals surface area contributed by atoms with Crippen LogP contribution in [0.3, 0.4) is 0 Å². The number of halogens is 1. The fraction of sp³-hybridized carbons (Fsp3) is 0.500. The second kappa shape index (κ2) is 4.69. The third-order valence-electron chi connectivity index (χ3n) is 3.07. The van der Waals surface area contributed by atoms with Gasteiger partial charge in [-0.25, -0.2) is 4.39 Å². The van der Waals surface area contributed by atoms with E-state index in [0.29, 0.717) is 5.56 Å². The lowest BCUT2D eigenvalue weighted by Crippen LogP contribution is -2.37. The summed E-state index contributed by atoms with van der Waals surface area (Å²) in [4.78, 5) is 0. The third-order valence-corrected chi connectivity index (χ3v) is 3.07.